The Balaban J connectivity index is 2.16. The molecule has 0 amide bonds. The number of likely N-dealkylation sites (tertiary alicyclic amines) is 1. The highest BCUT2D eigenvalue weighted by molar-refractivity contribution is 6.31. The summed E-state index contributed by atoms with van der Waals surface area (Å²) in [6.07, 6.45) is 0.677. The Morgan fingerprint density at radius 2 is 2.28 bits per heavy atom. The molecule has 1 aromatic rings. The number of rotatable bonds is 4. The summed E-state index contributed by atoms with van der Waals surface area (Å²) in [5.41, 5.74) is 6.81. The molecule has 18 heavy (non-hydrogen) atoms. The second kappa shape index (κ2) is 5.69. The van der Waals surface area contributed by atoms with Crippen LogP contribution in [0.5, 0.6) is 0 Å². The van der Waals surface area contributed by atoms with Crippen molar-refractivity contribution in [3.63, 3.8) is 0 Å². The van der Waals surface area contributed by atoms with Gasteiger partial charge in [-0.15, -0.1) is 0 Å². The molecule has 1 heterocycles. The molecule has 2 unspecified atom stereocenters. The van der Waals surface area contributed by atoms with Gasteiger partial charge in [0.25, 0.3) is 0 Å². The van der Waals surface area contributed by atoms with Crippen LogP contribution in [0.3, 0.4) is 0 Å². The maximum Gasteiger partial charge on any atom is 0.307 e. The van der Waals surface area contributed by atoms with Crippen LogP contribution in [-0.4, -0.2) is 35.6 Å². The highest BCUT2D eigenvalue weighted by atomic mass is 35.5. The Labute approximate surface area is 111 Å². The first-order valence-electron chi connectivity index (χ1n) is 6.05. The van der Waals surface area contributed by atoms with Gasteiger partial charge in [-0.1, -0.05) is 29.8 Å². The number of carbonyl (C=O) groups is 1. The molecule has 1 aromatic carbocycles. The minimum Gasteiger partial charge on any atom is -0.481 e. The van der Waals surface area contributed by atoms with Gasteiger partial charge in [0.05, 0.1) is 5.92 Å². The molecule has 98 valence electrons. The Hall–Kier alpha value is -1.10. The number of aliphatic carboxylic acids is 1. The standard InChI is InChI=1S/C13H17ClN2O2/c14-11-4-2-1-3-10(11)12(7-15)16-6-5-9(8-16)13(17)18/h1-4,9,12H,5-8,15H2,(H,17,18). The molecule has 1 saturated heterocycles. The minimum atomic E-state index is -0.729. The molecule has 1 fully saturated rings. The Bertz CT molecular complexity index is 439. The fraction of sp³-hybridized carbons (Fsp3) is 0.462. The van der Waals surface area contributed by atoms with Gasteiger partial charge in [-0.05, 0) is 24.6 Å². The summed E-state index contributed by atoms with van der Waals surface area (Å²) in [6, 6.07) is 7.60. The largest absolute Gasteiger partial charge is 0.481 e. The zero-order chi connectivity index (χ0) is 13.1. The summed E-state index contributed by atoms with van der Waals surface area (Å²) in [5, 5.41) is 9.71. The summed E-state index contributed by atoms with van der Waals surface area (Å²) >= 11 is 6.18. The Kier molecular flexibility index (Phi) is 4.22. The summed E-state index contributed by atoms with van der Waals surface area (Å²) in [6.45, 7) is 1.74. The second-order valence-electron chi connectivity index (χ2n) is 4.59. The summed E-state index contributed by atoms with van der Waals surface area (Å²) in [4.78, 5) is 13.1. The van der Waals surface area contributed by atoms with Crippen molar-refractivity contribution in [1.82, 2.24) is 4.90 Å². The van der Waals surface area contributed by atoms with Crippen LogP contribution in [0.1, 0.15) is 18.0 Å². The van der Waals surface area contributed by atoms with Gasteiger partial charge in [0.15, 0.2) is 0 Å². The zero-order valence-corrected chi connectivity index (χ0v) is 10.8. The third kappa shape index (κ3) is 2.66. The van der Waals surface area contributed by atoms with E-state index in [1.807, 2.05) is 24.3 Å². The van der Waals surface area contributed by atoms with Crippen LogP contribution in [0.2, 0.25) is 5.02 Å². The molecule has 3 N–H and O–H groups in total. The average molecular weight is 269 g/mol. The summed E-state index contributed by atoms with van der Waals surface area (Å²) in [5.74, 6) is -1.02. The lowest BCUT2D eigenvalue weighted by molar-refractivity contribution is -0.141. The molecule has 4 nitrogen and oxygen atoms in total. The molecule has 0 spiro atoms. The van der Waals surface area contributed by atoms with Crippen molar-refractivity contribution in [3.8, 4) is 0 Å². The number of hydrogen-bond donors (Lipinski definition) is 2. The fourth-order valence-corrected chi connectivity index (χ4v) is 2.75. The first kappa shape index (κ1) is 13.3. The molecule has 2 atom stereocenters. The van der Waals surface area contributed by atoms with E-state index in [-0.39, 0.29) is 12.0 Å². The molecule has 0 bridgehead atoms. The van der Waals surface area contributed by atoms with Crippen LogP contribution in [0.25, 0.3) is 0 Å². The molecule has 0 radical (unpaired) electrons. The van der Waals surface area contributed by atoms with Crippen molar-refractivity contribution in [2.24, 2.45) is 11.7 Å². The van der Waals surface area contributed by atoms with E-state index in [0.717, 1.165) is 12.1 Å². The van der Waals surface area contributed by atoms with Gasteiger partial charge in [0, 0.05) is 24.2 Å². The Morgan fingerprint density at radius 3 is 2.83 bits per heavy atom. The number of nitrogens with two attached hydrogens (primary N) is 1. The average Bonchev–Trinajstić information content (AvgIpc) is 2.82. The van der Waals surface area contributed by atoms with Crippen molar-refractivity contribution in [2.45, 2.75) is 12.5 Å². The van der Waals surface area contributed by atoms with Gasteiger partial charge in [-0.25, -0.2) is 0 Å². The van der Waals surface area contributed by atoms with E-state index >= 15 is 0 Å². The van der Waals surface area contributed by atoms with E-state index in [1.165, 1.54) is 0 Å². The highest BCUT2D eigenvalue weighted by Gasteiger charge is 2.32. The van der Waals surface area contributed by atoms with Gasteiger partial charge >= 0.3 is 5.97 Å². The number of carboxylic acid groups (broad SMARTS) is 1. The zero-order valence-electron chi connectivity index (χ0n) is 10.1. The lowest BCUT2D eigenvalue weighted by Crippen LogP contribution is -2.33. The Morgan fingerprint density at radius 1 is 1.56 bits per heavy atom. The van der Waals surface area contributed by atoms with Gasteiger partial charge in [0.1, 0.15) is 0 Å². The maximum atomic E-state index is 11.0. The van der Waals surface area contributed by atoms with Gasteiger partial charge in [0.2, 0.25) is 0 Å². The summed E-state index contributed by atoms with van der Waals surface area (Å²) in [7, 11) is 0. The van der Waals surface area contributed by atoms with E-state index in [9.17, 15) is 4.79 Å². The monoisotopic (exact) mass is 268 g/mol. The van der Waals surface area contributed by atoms with Gasteiger partial charge in [-0.2, -0.15) is 0 Å². The van der Waals surface area contributed by atoms with Gasteiger partial charge in [-0.3, -0.25) is 9.69 Å². The van der Waals surface area contributed by atoms with Crippen molar-refractivity contribution >= 4 is 17.6 Å². The highest BCUT2D eigenvalue weighted by Crippen LogP contribution is 2.31. The minimum absolute atomic E-state index is 0.00282. The molecular weight excluding hydrogens is 252 g/mol. The predicted octanol–water partition coefficient (Wildman–Crippen LogP) is 1.75. The molecule has 2 rings (SSSR count). The topological polar surface area (TPSA) is 66.6 Å². The molecular formula is C13H17ClN2O2. The van der Waals surface area contributed by atoms with Crippen molar-refractivity contribution in [3.05, 3.63) is 34.9 Å². The second-order valence-corrected chi connectivity index (χ2v) is 5.00. The summed E-state index contributed by atoms with van der Waals surface area (Å²) < 4.78 is 0. The molecule has 1 aliphatic rings. The molecule has 0 aliphatic carbocycles. The lowest BCUT2D eigenvalue weighted by Gasteiger charge is -2.27. The molecule has 0 aromatic heterocycles. The third-order valence-electron chi connectivity index (χ3n) is 3.50. The van der Waals surface area contributed by atoms with E-state index < -0.39 is 5.97 Å². The first-order valence-corrected chi connectivity index (χ1v) is 6.42. The third-order valence-corrected chi connectivity index (χ3v) is 3.84. The van der Waals surface area contributed by atoms with E-state index in [1.54, 1.807) is 0 Å². The van der Waals surface area contributed by atoms with Crippen molar-refractivity contribution in [1.29, 1.82) is 0 Å². The van der Waals surface area contributed by atoms with Crippen LogP contribution < -0.4 is 5.73 Å². The number of carboxylic acids is 1. The van der Waals surface area contributed by atoms with E-state index in [0.29, 0.717) is 24.5 Å². The number of hydrogen-bond acceptors (Lipinski definition) is 3. The molecule has 0 saturated carbocycles. The maximum absolute atomic E-state index is 11.0. The van der Waals surface area contributed by atoms with Crippen LogP contribution in [0, 0.1) is 5.92 Å². The van der Waals surface area contributed by atoms with Crippen LogP contribution in [0.4, 0.5) is 0 Å². The van der Waals surface area contributed by atoms with Crippen LogP contribution in [-0.2, 0) is 4.79 Å². The van der Waals surface area contributed by atoms with Crippen molar-refractivity contribution < 1.29 is 9.90 Å². The number of halogens is 1. The number of benzene rings is 1. The van der Waals surface area contributed by atoms with E-state index in [2.05, 4.69) is 4.90 Å². The number of nitrogens with zero attached hydrogens (tertiary/aromatic N) is 1. The van der Waals surface area contributed by atoms with Crippen LogP contribution in [0.15, 0.2) is 24.3 Å². The fourth-order valence-electron chi connectivity index (χ4n) is 2.49. The van der Waals surface area contributed by atoms with Gasteiger partial charge < -0.3 is 10.8 Å². The van der Waals surface area contributed by atoms with E-state index in [4.69, 9.17) is 22.4 Å². The first-order chi connectivity index (χ1) is 8.63. The van der Waals surface area contributed by atoms with Crippen LogP contribution >= 0.6 is 11.6 Å². The smallest absolute Gasteiger partial charge is 0.307 e. The molecule has 1 aliphatic heterocycles. The SMILES string of the molecule is NCC(c1ccccc1Cl)N1CCC(C(=O)O)C1. The van der Waals surface area contributed by atoms with Crippen molar-refractivity contribution in [2.75, 3.05) is 19.6 Å². The quantitative estimate of drug-likeness (QED) is 0.873. The molecule has 5 heteroatoms. The predicted molar refractivity (Wildman–Crippen MR) is 70.6 cm³/mol. The lowest BCUT2D eigenvalue weighted by atomic mass is 10.1. The normalized spacial score (nSPS) is 22.0.